The van der Waals surface area contributed by atoms with E-state index < -0.39 is 27.7 Å². The number of likely N-dealkylation sites (tertiary alicyclic amines) is 1. The molecule has 1 fully saturated rings. The van der Waals surface area contributed by atoms with E-state index in [4.69, 9.17) is 14.9 Å². The van der Waals surface area contributed by atoms with Gasteiger partial charge in [0.15, 0.2) is 5.82 Å². The molecule has 1 aliphatic heterocycles. The van der Waals surface area contributed by atoms with Crippen molar-refractivity contribution in [3.05, 3.63) is 69.3 Å². The van der Waals surface area contributed by atoms with Crippen molar-refractivity contribution >= 4 is 33.0 Å². The fourth-order valence-electron chi connectivity index (χ4n) is 4.04. The molecule has 2 aromatic carbocycles. The normalized spacial score (nSPS) is 14.4. The highest BCUT2D eigenvalue weighted by Gasteiger charge is 2.27. The minimum Gasteiger partial charge on any atom is -0.422 e. The zero-order chi connectivity index (χ0) is 26.9. The maximum atomic E-state index is 15.3. The largest absolute Gasteiger partial charge is 0.422 e. The van der Waals surface area contributed by atoms with Crippen molar-refractivity contribution in [1.29, 1.82) is 0 Å². The molecule has 2 heterocycles. The maximum absolute atomic E-state index is 15.3. The van der Waals surface area contributed by atoms with Gasteiger partial charge in [0.1, 0.15) is 11.3 Å². The summed E-state index contributed by atoms with van der Waals surface area (Å²) in [6, 6.07) is 9.02. The van der Waals surface area contributed by atoms with Crippen molar-refractivity contribution in [3.8, 4) is 5.75 Å². The number of rotatable bonds is 8. The molecule has 0 spiro atoms. The number of carbonyl (C=O) groups is 1. The standard InChI is InChI=1S/C24H28FN5O6S/c1-27-37(33,34)28-20-6-4-5-14(22(20)25)9-18-19(13-30-11-15(26)12-30)17-8-7-16(35-24(32)29(2)3)10-21(17)36-23(18)31/h4-8,10,15,27-28H,9,11-13,26H2,1-3H3. The first-order valence-corrected chi connectivity index (χ1v) is 12.9. The van der Waals surface area contributed by atoms with E-state index in [1.54, 1.807) is 26.2 Å². The van der Waals surface area contributed by atoms with Crippen LogP contribution in [-0.4, -0.2) is 64.6 Å². The lowest BCUT2D eigenvalue weighted by atomic mass is 9.96. The van der Waals surface area contributed by atoms with Gasteiger partial charge >= 0.3 is 11.7 Å². The topological polar surface area (TPSA) is 147 Å². The van der Waals surface area contributed by atoms with E-state index in [0.717, 1.165) is 0 Å². The molecule has 13 heteroatoms. The monoisotopic (exact) mass is 533 g/mol. The number of hydrogen-bond acceptors (Lipinski definition) is 8. The second-order valence-corrected chi connectivity index (χ2v) is 10.6. The first-order chi connectivity index (χ1) is 17.5. The third kappa shape index (κ3) is 5.91. The number of carbonyl (C=O) groups excluding carboxylic acids is 1. The summed E-state index contributed by atoms with van der Waals surface area (Å²) in [7, 11) is 0.347. The van der Waals surface area contributed by atoms with Crippen molar-refractivity contribution in [2.45, 2.75) is 19.0 Å². The lowest BCUT2D eigenvalue weighted by Gasteiger charge is -2.37. The van der Waals surface area contributed by atoms with E-state index in [-0.39, 0.29) is 40.6 Å². The van der Waals surface area contributed by atoms with E-state index in [0.29, 0.717) is 30.6 Å². The predicted molar refractivity (Wildman–Crippen MR) is 136 cm³/mol. The van der Waals surface area contributed by atoms with E-state index in [1.807, 2.05) is 0 Å². The molecule has 4 N–H and O–H groups in total. The summed E-state index contributed by atoms with van der Waals surface area (Å²) in [5.74, 6) is -0.599. The Hall–Kier alpha value is -3.52. The van der Waals surface area contributed by atoms with Crippen LogP contribution in [0.5, 0.6) is 5.75 Å². The van der Waals surface area contributed by atoms with Gasteiger partial charge in [-0.3, -0.25) is 9.62 Å². The van der Waals surface area contributed by atoms with E-state index in [2.05, 4.69) is 14.3 Å². The van der Waals surface area contributed by atoms with Crippen LogP contribution in [0.3, 0.4) is 0 Å². The van der Waals surface area contributed by atoms with Gasteiger partial charge in [-0.15, -0.1) is 0 Å². The zero-order valence-electron chi connectivity index (χ0n) is 20.6. The van der Waals surface area contributed by atoms with Crippen LogP contribution in [0.1, 0.15) is 16.7 Å². The van der Waals surface area contributed by atoms with Crippen LogP contribution >= 0.6 is 0 Å². The van der Waals surface area contributed by atoms with Gasteiger partial charge < -0.3 is 19.8 Å². The Kier molecular flexibility index (Phi) is 7.50. The molecule has 0 saturated carbocycles. The molecule has 0 unspecified atom stereocenters. The number of hydrogen-bond donors (Lipinski definition) is 3. The van der Waals surface area contributed by atoms with Gasteiger partial charge in [0.2, 0.25) is 0 Å². The highest BCUT2D eigenvalue weighted by molar-refractivity contribution is 7.90. The molecule has 0 atom stereocenters. The van der Waals surface area contributed by atoms with Crippen molar-refractivity contribution in [2.75, 3.05) is 39.0 Å². The van der Waals surface area contributed by atoms with Crippen LogP contribution in [0.2, 0.25) is 0 Å². The van der Waals surface area contributed by atoms with Crippen LogP contribution in [0.4, 0.5) is 14.9 Å². The van der Waals surface area contributed by atoms with Crippen molar-refractivity contribution in [3.63, 3.8) is 0 Å². The number of amides is 1. The number of nitrogens with zero attached hydrogens (tertiary/aromatic N) is 2. The lowest BCUT2D eigenvalue weighted by Crippen LogP contribution is -2.55. The van der Waals surface area contributed by atoms with Crippen LogP contribution < -0.4 is 25.5 Å². The fourth-order valence-corrected chi connectivity index (χ4v) is 4.59. The lowest BCUT2D eigenvalue weighted by molar-refractivity contribution is 0.142. The number of benzene rings is 2. The van der Waals surface area contributed by atoms with Crippen LogP contribution in [0.25, 0.3) is 11.0 Å². The molecule has 0 aliphatic carbocycles. The van der Waals surface area contributed by atoms with Gasteiger partial charge in [0.05, 0.1) is 5.69 Å². The Labute approximate surface area is 213 Å². The Balaban J connectivity index is 1.77. The molecule has 1 saturated heterocycles. The number of halogens is 1. The van der Waals surface area contributed by atoms with Gasteiger partial charge in [-0.1, -0.05) is 12.1 Å². The van der Waals surface area contributed by atoms with Gasteiger partial charge in [0, 0.05) is 70.3 Å². The summed E-state index contributed by atoms with van der Waals surface area (Å²) in [6.45, 7) is 1.64. The Morgan fingerprint density at radius 2 is 1.97 bits per heavy atom. The summed E-state index contributed by atoms with van der Waals surface area (Å²) in [5.41, 5.74) is 6.20. The molecule has 1 aliphatic rings. The minimum atomic E-state index is -3.94. The van der Waals surface area contributed by atoms with Crippen LogP contribution in [-0.2, 0) is 23.2 Å². The Morgan fingerprint density at radius 3 is 2.62 bits per heavy atom. The van der Waals surface area contributed by atoms with Gasteiger partial charge in [-0.2, -0.15) is 8.42 Å². The minimum absolute atomic E-state index is 0.0289. The number of nitrogens with one attached hydrogen (secondary N) is 2. The first kappa shape index (κ1) is 26.5. The van der Waals surface area contributed by atoms with Crippen LogP contribution in [0, 0.1) is 5.82 Å². The average molecular weight is 534 g/mol. The molecule has 198 valence electrons. The summed E-state index contributed by atoms with van der Waals surface area (Å²) >= 11 is 0. The molecule has 0 radical (unpaired) electrons. The van der Waals surface area contributed by atoms with Crippen molar-refractivity contribution in [2.24, 2.45) is 5.73 Å². The number of fused-ring (bicyclic) bond motifs is 1. The maximum Gasteiger partial charge on any atom is 0.414 e. The van der Waals surface area contributed by atoms with Crippen molar-refractivity contribution < 1.29 is 26.8 Å². The van der Waals surface area contributed by atoms with E-state index >= 15 is 4.39 Å². The smallest absolute Gasteiger partial charge is 0.414 e. The summed E-state index contributed by atoms with van der Waals surface area (Å²) < 4.78 is 54.0. The van der Waals surface area contributed by atoms with E-state index in [1.165, 1.54) is 36.2 Å². The third-order valence-electron chi connectivity index (χ3n) is 5.99. The van der Waals surface area contributed by atoms with Crippen molar-refractivity contribution in [1.82, 2.24) is 14.5 Å². The van der Waals surface area contributed by atoms with E-state index in [9.17, 15) is 18.0 Å². The SMILES string of the molecule is CNS(=O)(=O)Nc1cccc(Cc2c(CN3CC(N)C3)c3ccc(OC(=O)N(C)C)cc3oc2=O)c1F. The summed E-state index contributed by atoms with van der Waals surface area (Å²) in [6.07, 6.45) is -0.719. The van der Waals surface area contributed by atoms with Gasteiger partial charge in [-0.25, -0.2) is 18.7 Å². The fraction of sp³-hybridized carbons (Fsp3) is 0.333. The Morgan fingerprint density at radius 1 is 1.24 bits per heavy atom. The first-order valence-electron chi connectivity index (χ1n) is 11.4. The highest BCUT2D eigenvalue weighted by Crippen LogP contribution is 2.29. The van der Waals surface area contributed by atoms with Crippen LogP contribution in [0.15, 0.2) is 45.6 Å². The quantitative estimate of drug-likeness (QED) is 0.370. The molecule has 37 heavy (non-hydrogen) atoms. The third-order valence-corrected chi connectivity index (χ3v) is 7.01. The molecule has 3 aromatic rings. The number of nitrogens with two attached hydrogens (primary N) is 1. The highest BCUT2D eigenvalue weighted by atomic mass is 32.2. The van der Waals surface area contributed by atoms with Gasteiger partial charge in [-0.05, 0) is 29.3 Å². The molecular weight excluding hydrogens is 505 g/mol. The molecular formula is C24H28FN5O6S. The molecule has 1 amide bonds. The Bertz CT molecular complexity index is 1500. The zero-order valence-corrected chi connectivity index (χ0v) is 21.4. The molecule has 11 nitrogen and oxygen atoms in total. The second kappa shape index (κ2) is 10.5. The number of anilines is 1. The molecule has 0 bridgehead atoms. The molecule has 4 rings (SSSR count). The summed E-state index contributed by atoms with van der Waals surface area (Å²) in [4.78, 5) is 28.4. The van der Waals surface area contributed by atoms with Gasteiger partial charge in [0.25, 0.3) is 10.2 Å². The summed E-state index contributed by atoms with van der Waals surface area (Å²) in [5, 5.41) is 0.604. The average Bonchev–Trinajstić information content (AvgIpc) is 2.82. The predicted octanol–water partition coefficient (Wildman–Crippen LogP) is 1.60. The second-order valence-electron chi connectivity index (χ2n) is 8.99. The molecule has 1 aromatic heterocycles. The number of ether oxygens (including phenoxy) is 1.